The Morgan fingerprint density at radius 1 is 0.905 bits per heavy atom. The van der Waals surface area contributed by atoms with Crippen LogP contribution in [0.2, 0.25) is 0 Å². The van der Waals surface area contributed by atoms with Gasteiger partial charge in [0.2, 0.25) is 0 Å². The van der Waals surface area contributed by atoms with Crippen molar-refractivity contribution in [1.82, 2.24) is 9.78 Å². The van der Waals surface area contributed by atoms with E-state index < -0.39 is 0 Å². The van der Waals surface area contributed by atoms with E-state index >= 15 is 0 Å². The normalized spacial score (nSPS) is 12.8. The molecule has 0 aliphatic carbocycles. The Balaban J connectivity index is 2.77. The zero-order valence-corrected chi connectivity index (χ0v) is 14.1. The maximum atomic E-state index is 13.2. The third kappa shape index (κ3) is 3.02. The van der Waals surface area contributed by atoms with Crippen LogP contribution in [0.25, 0.3) is 11.3 Å². The van der Waals surface area contributed by atoms with Gasteiger partial charge in [0.1, 0.15) is 5.82 Å². The molecule has 0 radical (unpaired) electrons. The van der Waals surface area contributed by atoms with E-state index in [2.05, 4.69) is 41.5 Å². The SMILES string of the molecule is Cn1nc(C(C)(C)C)c(C(C)(C)C)c1-c1ccc(F)cc1. The van der Waals surface area contributed by atoms with E-state index in [0.717, 1.165) is 17.0 Å². The van der Waals surface area contributed by atoms with Gasteiger partial charge in [-0.25, -0.2) is 4.39 Å². The summed E-state index contributed by atoms with van der Waals surface area (Å²) in [5.41, 5.74) is 4.37. The maximum absolute atomic E-state index is 13.2. The number of nitrogens with zero attached hydrogens (tertiary/aromatic N) is 2. The first-order chi connectivity index (χ1) is 9.51. The van der Waals surface area contributed by atoms with E-state index in [1.807, 2.05) is 23.9 Å². The van der Waals surface area contributed by atoms with Crippen LogP contribution in [0, 0.1) is 5.82 Å². The zero-order chi connectivity index (χ0) is 16.0. The first kappa shape index (κ1) is 15.7. The van der Waals surface area contributed by atoms with Crippen LogP contribution in [0.4, 0.5) is 4.39 Å². The van der Waals surface area contributed by atoms with Crippen molar-refractivity contribution in [3.8, 4) is 11.3 Å². The van der Waals surface area contributed by atoms with Crippen LogP contribution in [-0.2, 0) is 17.9 Å². The summed E-state index contributed by atoms with van der Waals surface area (Å²) in [5, 5.41) is 4.77. The molecule has 0 bridgehead atoms. The Bertz CT molecular complexity index is 638. The summed E-state index contributed by atoms with van der Waals surface area (Å²) in [6, 6.07) is 6.67. The molecule has 0 N–H and O–H groups in total. The molecule has 0 saturated carbocycles. The van der Waals surface area contributed by atoms with Gasteiger partial charge in [-0.15, -0.1) is 0 Å². The Kier molecular flexibility index (Phi) is 3.73. The molecule has 0 spiro atoms. The topological polar surface area (TPSA) is 17.8 Å². The standard InChI is InChI=1S/C18H25FN2/c1-17(2,3)14-15(12-8-10-13(19)11-9-12)21(7)20-16(14)18(4,5)6/h8-11H,1-7H3. The highest BCUT2D eigenvalue weighted by atomic mass is 19.1. The fraction of sp³-hybridized carbons (Fsp3) is 0.500. The fourth-order valence-corrected chi connectivity index (χ4v) is 2.70. The minimum atomic E-state index is -0.214. The van der Waals surface area contributed by atoms with Crippen molar-refractivity contribution in [2.75, 3.05) is 0 Å². The lowest BCUT2D eigenvalue weighted by atomic mass is 9.77. The lowest BCUT2D eigenvalue weighted by molar-refractivity contribution is 0.517. The van der Waals surface area contributed by atoms with Crippen molar-refractivity contribution in [3.63, 3.8) is 0 Å². The third-order valence-corrected chi connectivity index (χ3v) is 3.63. The first-order valence-corrected chi connectivity index (χ1v) is 7.35. The van der Waals surface area contributed by atoms with Gasteiger partial charge in [0.15, 0.2) is 0 Å². The summed E-state index contributed by atoms with van der Waals surface area (Å²) in [4.78, 5) is 0. The van der Waals surface area contributed by atoms with Crippen molar-refractivity contribution >= 4 is 0 Å². The first-order valence-electron chi connectivity index (χ1n) is 7.35. The Morgan fingerprint density at radius 2 is 1.43 bits per heavy atom. The summed E-state index contributed by atoms with van der Waals surface area (Å²) in [7, 11) is 1.96. The fourth-order valence-electron chi connectivity index (χ4n) is 2.70. The van der Waals surface area contributed by atoms with E-state index in [4.69, 9.17) is 5.10 Å². The van der Waals surface area contributed by atoms with Gasteiger partial charge in [-0.2, -0.15) is 5.10 Å². The Labute approximate surface area is 127 Å². The van der Waals surface area contributed by atoms with Crippen molar-refractivity contribution in [3.05, 3.63) is 41.3 Å². The molecule has 1 aromatic heterocycles. The summed E-state index contributed by atoms with van der Waals surface area (Å²) >= 11 is 0. The number of aromatic nitrogens is 2. The van der Waals surface area contributed by atoms with Crippen LogP contribution in [0.3, 0.4) is 0 Å². The smallest absolute Gasteiger partial charge is 0.123 e. The van der Waals surface area contributed by atoms with E-state index in [-0.39, 0.29) is 16.6 Å². The summed E-state index contributed by atoms with van der Waals surface area (Å²) < 4.78 is 15.1. The molecule has 2 rings (SSSR count). The molecule has 2 nitrogen and oxygen atoms in total. The second-order valence-electron chi connectivity index (χ2n) is 7.70. The number of aryl methyl sites for hydroxylation is 1. The molecule has 0 unspecified atom stereocenters. The van der Waals surface area contributed by atoms with E-state index in [1.54, 1.807) is 0 Å². The molecule has 0 amide bonds. The highest BCUT2D eigenvalue weighted by Crippen LogP contribution is 2.39. The van der Waals surface area contributed by atoms with Gasteiger partial charge in [0.25, 0.3) is 0 Å². The van der Waals surface area contributed by atoms with Gasteiger partial charge in [0, 0.05) is 23.6 Å². The predicted molar refractivity (Wildman–Crippen MR) is 86.0 cm³/mol. The molecule has 0 fully saturated rings. The zero-order valence-electron chi connectivity index (χ0n) is 14.1. The molecule has 0 aliphatic rings. The van der Waals surface area contributed by atoms with Crippen molar-refractivity contribution in [2.24, 2.45) is 7.05 Å². The van der Waals surface area contributed by atoms with Crippen LogP contribution in [0.15, 0.2) is 24.3 Å². The van der Waals surface area contributed by atoms with Crippen molar-refractivity contribution in [2.45, 2.75) is 52.4 Å². The quantitative estimate of drug-likeness (QED) is 0.735. The second kappa shape index (κ2) is 4.97. The molecule has 1 aromatic carbocycles. The van der Waals surface area contributed by atoms with E-state index in [9.17, 15) is 4.39 Å². The van der Waals surface area contributed by atoms with Gasteiger partial charge < -0.3 is 0 Å². The van der Waals surface area contributed by atoms with Crippen LogP contribution in [0.1, 0.15) is 52.8 Å². The Morgan fingerprint density at radius 3 is 1.86 bits per heavy atom. The lowest BCUT2D eigenvalue weighted by Crippen LogP contribution is -2.21. The third-order valence-electron chi connectivity index (χ3n) is 3.63. The van der Waals surface area contributed by atoms with Crippen LogP contribution < -0.4 is 0 Å². The molecule has 0 aliphatic heterocycles. The molecule has 3 heteroatoms. The van der Waals surface area contributed by atoms with Gasteiger partial charge >= 0.3 is 0 Å². The minimum Gasteiger partial charge on any atom is -0.267 e. The highest BCUT2D eigenvalue weighted by Gasteiger charge is 2.32. The average Bonchev–Trinajstić information content (AvgIpc) is 2.67. The molecule has 0 saturated heterocycles. The highest BCUT2D eigenvalue weighted by molar-refractivity contribution is 5.67. The van der Waals surface area contributed by atoms with Crippen molar-refractivity contribution in [1.29, 1.82) is 0 Å². The molecule has 0 atom stereocenters. The molecule has 21 heavy (non-hydrogen) atoms. The molecule has 1 heterocycles. The van der Waals surface area contributed by atoms with Gasteiger partial charge in [-0.05, 0) is 29.7 Å². The van der Waals surface area contributed by atoms with E-state index in [1.165, 1.54) is 17.7 Å². The van der Waals surface area contributed by atoms with Crippen LogP contribution in [0.5, 0.6) is 0 Å². The lowest BCUT2D eigenvalue weighted by Gasteiger charge is -2.26. The average molecular weight is 288 g/mol. The molecule has 114 valence electrons. The minimum absolute atomic E-state index is 0.0272. The predicted octanol–water partition coefficient (Wildman–Crippen LogP) is 4.82. The number of rotatable bonds is 1. The number of halogens is 1. The second-order valence-corrected chi connectivity index (χ2v) is 7.70. The van der Waals surface area contributed by atoms with Gasteiger partial charge in [-0.1, -0.05) is 41.5 Å². The molecule has 2 aromatic rings. The maximum Gasteiger partial charge on any atom is 0.123 e. The molecular formula is C18H25FN2. The van der Waals surface area contributed by atoms with Crippen LogP contribution in [-0.4, -0.2) is 9.78 Å². The Hall–Kier alpha value is -1.64. The largest absolute Gasteiger partial charge is 0.267 e. The van der Waals surface area contributed by atoms with Gasteiger partial charge in [-0.3, -0.25) is 4.68 Å². The molecular weight excluding hydrogens is 263 g/mol. The summed E-state index contributed by atoms with van der Waals surface area (Å²) in [6.07, 6.45) is 0. The van der Waals surface area contributed by atoms with E-state index in [0.29, 0.717) is 0 Å². The van der Waals surface area contributed by atoms with Crippen LogP contribution >= 0.6 is 0 Å². The summed E-state index contributed by atoms with van der Waals surface area (Å²) in [5.74, 6) is -0.214. The number of hydrogen-bond donors (Lipinski definition) is 0. The number of hydrogen-bond acceptors (Lipinski definition) is 1. The number of benzene rings is 1. The summed E-state index contributed by atoms with van der Waals surface area (Å²) in [6.45, 7) is 13.1. The van der Waals surface area contributed by atoms with Gasteiger partial charge in [0.05, 0.1) is 11.4 Å². The monoisotopic (exact) mass is 288 g/mol. The van der Waals surface area contributed by atoms with Crippen molar-refractivity contribution < 1.29 is 4.39 Å².